The van der Waals surface area contributed by atoms with Gasteiger partial charge in [0.2, 0.25) is 21.8 Å². The monoisotopic (exact) mass is 575 g/mol. The van der Waals surface area contributed by atoms with Gasteiger partial charge in [-0.05, 0) is 55.7 Å². The summed E-state index contributed by atoms with van der Waals surface area (Å²) in [7, 11) is -3.68. The van der Waals surface area contributed by atoms with Crippen molar-refractivity contribution in [2.75, 3.05) is 23.7 Å². The average Bonchev–Trinajstić information content (AvgIpc) is 2.81. The Morgan fingerprint density at radius 3 is 2.36 bits per heavy atom. The number of benzene rings is 2. The van der Waals surface area contributed by atoms with Gasteiger partial charge in [0.15, 0.2) is 0 Å². The minimum atomic E-state index is -3.68. The minimum Gasteiger partial charge on any atom is -0.354 e. The van der Waals surface area contributed by atoms with Crippen molar-refractivity contribution < 1.29 is 18.0 Å². The summed E-state index contributed by atoms with van der Waals surface area (Å²) in [5.74, 6) is -0.527. The van der Waals surface area contributed by atoms with Gasteiger partial charge in [0.05, 0.1) is 17.0 Å². The molecule has 0 saturated heterocycles. The van der Waals surface area contributed by atoms with Crippen LogP contribution in [0.4, 0.5) is 5.69 Å². The predicted molar refractivity (Wildman–Crippen MR) is 147 cm³/mol. The SMILES string of the molecule is CCCCNC(=O)C(C)N(Cc1cccc(Cl)c1)C(=O)CCCN(c1cc(Cl)ccc1Cl)S(C)(=O)=O. The predicted octanol–water partition coefficient (Wildman–Crippen LogP) is 5.53. The van der Waals surface area contributed by atoms with Gasteiger partial charge >= 0.3 is 0 Å². The molecule has 198 valence electrons. The fourth-order valence-electron chi connectivity index (χ4n) is 3.61. The van der Waals surface area contributed by atoms with Crippen molar-refractivity contribution >= 4 is 62.3 Å². The Kier molecular flexibility index (Phi) is 11.8. The third kappa shape index (κ3) is 9.14. The van der Waals surface area contributed by atoms with Crippen molar-refractivity contribution in [1.29, 1.82) is 0 Å². The number of hydrogen-bond acceptors (Lipinski definition) is 4. The Morgan fingerprint density at radius 2 is 1.72 bits per heavy atom. The van der Waals surface area contributed by atoms with Crippen LogP contribution < -0.4 is 9.62 Å². The number of nitrogens with zero attached hydrogens (tertiary/aromatic N) is 2. The molecule has 0 fully saturated rings. The Bertz CT molecular complexity index is 1160. The fourth-order valence-corrected chi connectivity index (χ4v) is 5.23. The van der Waals surface area contributed by atoms with E-state index in [0.29, 0.717) is 16.6 Å². The molecule has 2 aromatic rings. The first-order valence-corrected chi connectivity index (χ1v) is 14.7. The number of carbonyl (C=O) groups is 2. The highest BCUT2D eigenvalue weighted by Gasteiger charge is 2.27. The van der Waals surface area contributed by atoms with Gasteiger partial charge in [0.1, 0.15) is 6.04 Å². The molecule has 0 radical (unpaired) electrons. The molecule has 1 unspecified atom stereocenters. The Hall–Kier alpha value is -2.00. The standard InChI is InChI=1S/C25H32Cl3N3O4S/c1-4-5-13-29-25(33)18(2)30(17-19-8-6-9-20(26)15-19)24(32)10-7-14-31(36(3,34)35)23-16-21(27)11-12-22(23)28/h6,8-9,11-12,15-16,18H,4-5,7,10,13-14,17H2,1-3H3,(H,29,33). The third-order valence-corrected chi connectivity index (χ3v) is 7.54. The van der Waals surface area contributed by atoms with E-state index >= 15 is 0 Å². The van der Waals surface area contributed by atoms with E-state index in [1.54, 1.807) is 31.2 Å². The molecular weight excluding hydrogens is 545 g/mol. The first-order chi connectivity index (χ1) is 16.9. The first kappa shape index (κ1) is 30.2. The van der Waals surface area contributed by atoms with Crippen molar-refractivity contribution in [2.24, 2.45) is 0 Å². The number of rotatable bonds is 13. The van der Waals surface area contributed by atoms with E-state index in [4.69, 9.17) is 34.8 Å². The maximum absolute atomic E-state index is 13.3. The summed E-state index contributed by atoms with van der Waals surface area (Å²) in [6.45, 7) is 4.45. The number of carbonyl (C=O) groups excluding carboxylic acids is 2. The van der Waals surface area contributed by atoms with Crippen LogP contribution in [0.5, 0.6) is 0 Å². The number of sulfonamides is 1. The van der Waals surface area contributed by atoms with Crippen molar-refractivity contribution in [3.63, 3.8) is 0 Å². The van der Waals surface area contributed by atoms with Crippen LogP contribution in [0.15, 0.2) is 42.5 Å². The molecule has 0 aliphatic carbocycles. The second-order valence-electron chi connectivity index (χ2n) is 8.51. The summed E-state index contributed by atoms with van der Waals surface area (Å²) in [5.41, 5.74) is 1.03. The van der Waals surface area contributed by atoms with E-state index in [0.717, 1.165) is 29.0 Å². The second kappa shape index (κ2) is 14.1. The normalized spacial score (nSPS) is 12.2. The summed E-state index contributed by atoms with van der Waals surface area (Å²) in [6.07, 6.45) is 3.09. The van der Waals surface area contributed by atoms with Gasteiger partial charge in [-0.15, -0.1) is 0 Å². The maximum Gasteiger partial charge on any atom is 0.242 e. The number of unbranched alkanes of at least 4 members (excludes halogenated alkanes) is 1. The zero-order valence-electron chi connectivity index (χ0n) is 20.6. The molecule has 1 atom stereocenters. The number of anilines is 1. The second-order valence-corrected chi connectivity index (χ2v) is 11.7. The molecule has 7 nitrogen and oxygen atoms in total. The lowest BCUT2D eigenvalue weighted by atomic mass is 10.1. The summed E-state index contributed by atoms with van der Waals surface area (Å²) < 4.78 is 26.1. The molecule has 0 spiro atoms. The van der Waals surface area contributed by atoms with Crippen LogP contribution in [-0.4, -0.2) is 50.5 Å². The molecule has 2 aromatic carbocycles. The summed E-state index contributed by atoms with van der Waals surface area (Å²) in [6, 6.07) is 10.9. The van der Waals surface area contributed by atoms with Crippen LogP contribution in [0.1, 0.15) is 45.1 Å². The molecule has 36 heavy (non-hydrogen) atoms. The smallest absolute Gasteiger partial charge is 0.242 e. The van der Waals surface area contributed by atoms with E-state index in [1.165, 1.54) is 17.0 Å². The van der Waals surface area contributed by atoms with Gasteiger partial charge in [-0.3, -0.25) is 13.9 Å². The summed E-state index contributed by atoms with van der Waals surface area (Å²) in [4.78, 5) is 27.5. The largest absolute Gasteiger partial charge is 0.354 e. The van der Waals surface area contributed by atoms with Crippen LogP contribution in [0.2, 0.25) is 15.1 Å². The van der Waals surface area contributed by atoms with Gasteiger partial charge in [-0.2, -0.15) is 0 Å². The molecule has 0 aromatic heterocycles. The lowest BCUT2D eigenvalue weighted by Crippen LogP contribution is -2.48. The molecule has 0 saturated carbocycles. The molecule has 0 aliphatic rings. The maximum atomic E-state index is 13.3. The zero-order chi connectivity index (χ0) is 26.9. The quantitative estimate of drug-likeness (QED) is 0.318. The molecular formula is C25H32Cl3N3O4S. The van der Waals surface area contributed by atoms with Gasteiger partial charge in [0.25, 0.3) is 0 Å². The molecule has 1 N–H and O–H groups in total. The average molecular weight is 577 g/mol. The number of halogens is 3. The van der Waals surface area contributed by atoms with Gasteiger partial charge in [-0.25, -0.2) is 8.42 Å². The molecule has 11 heteroatoms. The topological polar surface area (TPSA) is 86.8 Å². The summed E-state index contributed by atoms with van der Waals surface area (Å²) in [5, 5.41) is 3.97. The van der Waals surface area contributed by atoms with E-state index in [2.05, 4.69) is 5.32 Å². The lowest BCUT2D eigenvalue weighted by molar-refractivity contribution is -0.140. The Balaban J connectivity index is 2.18. The number of nitrogens with one attached hydrogen (secondary N) is 1. The van der Waals surface area contributed by atoms with Crippen LogP contribution in [0, 0.1) is 0 Å². The van der Waals surface area contributed by atoms with E-state index < -0.39 is 16.1 Å². The Morgan fingerprint density at radius 1 is 1.03 bits per heavy atom. The Labute approximate surface area is 228 Å². The van der Waals surface area contributed by atoms with Crippen LogP contribution in [0.3, 0.4) is 0 Å². The van der Waals surface area contributed by atoms with Gasteiger partial charge < -0.3 is 10.2 Å². The third-order valence-electron chi connectivity index (χ3n) is 5.57. The molecule has 0 aliphatic heterocycles. The molecule has 0 heterocycles. The molecule has 2 amide bonds. The van der Waals surface area contributed by atoms with Crippen molar-refractivity contribution in [1.82, 2.24) is 10.2 Å². The highest BCUT2D eigenvalue weighted by Crippen LogP contribution is 2.31. The highest BCUT2D eigenvalue weighted by molar-refractivity contribution is 7.92. The van der Waals surface area contributed by atoms with Crippen LogP contribution >= 0.6 is 34.8 Å². The van der Waals surface area contributed by atoms with Crippen molar-refractivity contribution in [2.45, 2.75) is 52.1 Å². The first-order valence-electron chi connectivity index (χ1n) is 11.7. The highest BCUT2D eigenvalue weighted by atomic mass is 35.5. The van der Waals surface area contributed by atoms with Gasteiger partial charge in [0, 0.05) is 36.1 Å². The number of amides is 2. The minimum absolute atomic E-state index is 0.0206. The van der Waals surface area contributed by atoms with Gasteiger partial charge in [-0.1, -0.05) is 60.3 Å². The number of hydrogen-bond donors (Lipinski definition) is 1. The lowest BCUT2D eigenvalue weighted by Gasteiger charge is -2.29. The summed E-state index contributed by atoms with van der Waals surface area (Å²) >= 11 is 18.4. The van der Waals surface area contributed by atoms with E-state index in [9.17, 15) is 18.0 Å². The zero-order valence-corrected chi connectivity index (χ0v) is 23.7. The van der Waals surface area contributed by atoms with E-state index in [1.807, 2.05) is 13.0 Å². The molecule has 0 bridgehead atoms. The van der Waals surface area contributed by atoms with Crippen molar-refractivity contribution in [3.05, 3.63) is 63.1 Å². The van der Waals surface area contributed by atoms with Crippen LogP contribution in [0.25, 0.3) is 0 Å². The van der Waals surface area contributed by atoms with Crippen molar-refractivity contribution in [3.8, 4) is 0 Å². The van der Waals surface area contributed by atoms with E-state index in [-0.39, 0.29) is 48.5 Å². The van der Waals surface area contributed by atoms with Crippen LogP contribution in [-0.2, 0) is 26.2 Å². The molecule has 2 rings (SSSR count). The fraction of sp³-hybridized carbons (Fsp3) is 0.440.